The van der Waals surface area contributed by atoms with Gasteiger partial charge in [-0.15, -0.1) is 11.3 Å². The highest BCUT2D eigenvalue weighted by atomic mass is 32.1. The first kappa shape index (κ1) is 20.2. The van der Waals surface area contributed by atoms with Crippen LogP contribution in [0.5, 0.6) is 5.75 Å². The van der Waals surface area contributed by atoms with Crippen LogP contribution in [0.25, 0.3) is 0 Å². The first-order chi connectivity index (χ1) is 14.1. The molecule has 0 spiro atoms. The second kappa shape index (κ2) is 9.13. The summed E-state index contributed by atoms with van der Waals surface area (Å²) in [6, 6.07) is 8.16. The molecule has 0 radical (unpaired) electrons. The maximum Gasteiger partial charge on any atom is 0.225 e. The number of piperidine rings is 1. The fraction of sp³-hybridized carbons (Fsp3) is 0.545. The standard InChI is InChI=1S/C22H30N4O2S/c1-17-23-19(16-29-17)15-24-8-6-18(7-9-24)22(27)26-12-10-25(11-13-26)20-4-3-5-21(14-20)28-2/h3-5,14,16,18H,6-13,15H2,1-2H3. The Morgan fingerprint density at radius 1 is 1.17 bits per heavy atom. The SMILES string of the molecule is COc1cccc(N2CCN(C(=O)C3CCN(Cc4csc(C)n4)CC3)CC2)c1. The smallest absolute Gasteiger partial charge is 0.225 e. The highest BCUT2D eigenvalue weighted by molar-refractivity contribution is 7.09. The van der Waals surface area contributed by atoms with Crippen LogP contribution < -0.4 is 9.64 Å². The molecular formula is C22H30N4O2S. The van der Waals surface area contributed by atoms with Gasteiger partial charge in [-0.1, -0.05) is 6.07 Å². The lowest BCUT2D eigenvalue weighted by Gasteiger charge is -2.39. The molecule has 2 aliphatic rings. The minimum Gasteiger partial charge on any atom is -0.497 e. The van der Waals surface area contributed by atoms with Crippen LogP contribution in [0.2, 0.25) is 0 Å². The lowest BCUT2D eigenvalue weighted by Crippen LogP contribution is -2.51. The van der Waals surface area contributed by atoms with Crippen molar-refractivity contribution in [2.75, 3.05) is 51.3 Å². The Labute approximate surface area is 177 Å². The number of aromatic nitrogens is 1. The van der Waals surface area contributed by atoms with E-state index in [-0.39, 0.29) is 5.92 Å². The Kier molecular flexibility index (Phi) is 6.35. The van der Waals surface area contributed by atoms with Gasteiger partial charge in [0.1, 0.15) is 5.75 Å². The van der Waals surface area contributed by atoms with E-state index in [9.17, 15) is 4.79 Å². The summed E-state index contributed by atoms with van der Waals surface area (Å²) in [4.78, 5) is 24.4. The third-order valence-electron chi connectivity index (χ3n) is 6.00. The summed E-state index contributed by atoms with van der Waals surface area (Å²) in [6.45, 7) is 8.27. The van der Waals surface area contributed by atoms with Crippen molar-refractivity contribution in [1.29, 1.82) is 0 Å². The highest BCUT2D eigenvalue weighted by Crippen LogP contribution is 2.25. The summed E-state index contributed by atoms with van der Waals surface area (Å²) in [7, 11) is 1.69. The molecule has 2 saturated heterocycles. The molecule has 3 heterocycles. The second-order valence-corrected chi connectivity index (χ2v) is 8.98. The average Bonchev–Trinajstić information content (AvgIpc) is 3.18. The first-order valence-corrected chi connectivity index (χ1v) is 11.3. The quantitative estimate of drug-likeness (QED) is 0.753. The zero-order valence-electron chi connectivity index (χ0n) is 17.3. The summed E-state index contributed by atoms with van der Waals surface area (Å²) >= 11 is 1.71. The zero-order valence-corrected chi connectivity index (χ0v) is 18.2. The van der Waals surface area contributed by atoms with Gasteiger partial charge in [0.25, 0.3) is 0 Å². The maximum atomic E-state index is 13.0. The lowest BCUT2D eigenvalue weighted by molar-refractivity contribution is -0.137. The monoisotopic (exact) mass is 414 g/mol. The largest absolute Gasteiger partial charge is 0.497 e. The molecule has 2 fully saturated rings. The summed E-state index contributed by atoms with van der Waals surface area (Å²) in [5, 5.41) is 3.27. The van der Waals surface area contributed by atoms with Crippen LogP contribution in [0.15, 0.2) is 29.6 Å². The number of thiazole rings is 1. The number of carbonyl (C=O) groups excluding carboxylic acids is 1. The van der Waals surface area contributed by atoms with E-state index in [1.807, 2.05) is 19.1 Å². The van der Waals surface area contributed by atoms with Crippen molar-refractivity contribution in [1.82, 2.24) is 14.8 Å². The highest BCUT2D eigenvalue weighted by Gasteiger charge is 2.30. The van der Waals surface area contributed by atoms with Crippen LogP contribution in [-0.2, 0) is 11.3 Å². The number of rotatable bonds is 5. The number of nitrogens with zero attached hydrogens (tertiary/aromatic N) is 4. The molecule has 0 saturated carbocycles. The normalized spacial score (nSPS) is 18.8. The molecule has 0 atom stereocenters. The van der Waals surface area contributed by atoms with Gasteiger partial charge in [0.15, 0.2) is 0 Å². The number of aryl methyl sites for hydroxylation is 1. The van der Waals surface area contributed by atoms with Crippen LogP contribution in [0, 0.1) is 12.8 Å². The second-order valence-electron chi connectivity index (χ2n) is 7.92. The molecule has 0 unspecified atom stereocenters. The van der Waals surface area contributed by atoms with Gasteiger partial charge in [-0.05, 0) is 45.0 Å². The van der Waals surface area contributed by atoms with Crippen molar-refractivity contribution < 1.29 is 9.53 Å². The lowest BCUT2D eigenvalue weighted by atomic mass is 9.95. The van der Waals surface area contributed by atoms with Gasteiger partial charge in [-0.2, -0.15) is 0 Å². The average molecular weight is 415 g/mol. The van der Waals surface area contributed by atoms with E-state index in [2.05, 4.69) is 37.2 Å². The molecule has 1 amide bonds. The van der Waals surface area contributed by atoms with Gasteiger partial charge < -0.3 is 14.5 Å². The van der Waals surface area contributed by atoms with Crippen molar-refractivity contribution in [3.05, 3.63) is 40.3 Å². The summed E-state index contributed by atoms with van der Waals surface area (Å²) in [5.74, 6) is 1.40. The molecule has 0 bridgehead atoms. The van der Waals surface area contributed by atoms with E-state index in [0.29, 0.717) is 5.91 Å². The molecule has 2 aromatic rings. The van der Waals surface area contributed by atoms with Gasteiger partial charge in [0, 0.05) is 55.8 Å². The number of methoxy groups -OCH3 is 1. The Morgan fingerprint density at radius 2 is 1.93 bits per heavy atom. The number of carbonyl (C=O) groups is 1. The van der Waals surface area contributed by atoms with Gasteiger partial charge in [0.2, 0.25) is 5.91 Å². The van der Waals surface area contributed by atoms with E-state index < -0.39 is 0 Å². The molecule has 6 nitrogen and oxygen atoms in total. The molecule has 0 aliphatic carbocycles. The molecule has 1 aromatic heterocycles. The van der Waals surface area contributed by atoms with Crippen molar-refractivity contribution in [3.8, 4) is 5.75 Å². The summed E-state index contributed by atoms with van der Waals surface area (Å²) in [6.07, 6.45) is 1.91. The Balaban J connectivity index is 1.24. The molecular weight excluding hydrogens is 384 g/mol. The van der Waals surface area contributed by atoms with Crippen LogP contribution in [0.4, 0.5) is 5.69 Å². The van der Waals surface area contributed by atoms with Gasteiger partial charge in [-0.3, -0.25) is 9.69 Å². The summed E-state index contributed by atoms with van der Waals surface area (Å²) < 4.78 is 5.33. The van der Waals surface area contributed by atoms with E-state index in [4.69, 9.17) is 4.74 Å². The number of benzene rings is 1. The van der Waals surface area contributed by atoms with E-state index in [1.54, 1.807) is 18.4 Å². The minimum absolute atomic E-state index is 0.173. The van der Waals surface area contributed by atoms with Crippen molar-refractivity contribution in [2.24, 2.45) is 5.92 Å². The molecule has 7 heteroatoms. The predicted octanol–water partition coefficient (Wildman–Crippen LogP) is 3.02. The van der Waals surface area contributed by atoms with E-state index in [1.165, 1.54) is 5.69 Å². The molecule has 156 valence electrons. The number of hydrogen-bond donors (Lipinski definition) is 0. The third-order valence-corrected chi connectivity index (χ3v) is 6.82. The Bertz CT molecular complexity index is 824. The predicted molar refractivity (Wildman–Crippen MR) is 117 cm³/mol. The van der Waals surface area contributed by atoms with Crippen LogP contribution in [0.1, 0.15) is 23.5 Å². The van der Waals surface area contributed by atoms with Gasteiger partial charge >= 0.3 is 0 Å². The number of anilines is 1. The molecule has 1 aromatic carbocycles. The Hall–Kier alpha value is -2.12. The molecule has 4 rings (SSSR count). The fourth-order valence-electron chi connectivity index (χ4n) is 4.30. The van der Waals surface area contributed by atoms with E-state index in [0.717, 1.165) is 75.1 Å². The topological polar surface area (TPSA) is 48.9 Å². The zero-order chi connectivity index (χ0) is 20.2. The molecule has 29 heavy (non-hydrogen) atoms. The van der Waals surface area contributed by atoms with E-state index >= 15 is 0 Å². The van der Waals surface area contributed by atoms with Crippen LogP contribution in [0.3, 0.4) is 0 Å². The van der Waals surface area contributed by atoms with Crippen molar-refractivity contribution in [3.63, 3.8) is 0 Å². The van der Waals surface area contributed by atoms with Crippen molar-refractivity contribution in [2.45, 2.75) is 26.3 Å². The third kappa shape index (κ3) is 4.90. The number of likely N-dealkylation sites (tertiary alicyclic amines) is 1. The minimum atomic E-state index is 0.173. The number of hydrogen-bond acceptors (Lipinski definition) is 6. The number of amides is 1. The van der Waals surface area contributed by atoms with Crippen LogP contribution in [-0.4, -0.2) is 67.1 Å². The fourth-order valence-corrected chi connectivity index (χ4v) is 4.90. The van der Waals surface area contributed by atoms with Crippen molar-refractivity contribution >= 4 is 22.9 Å². The first-order valence-electron chi connectivity index (χ1n) is 10.4. The summed E-state index contributed by atoms with van der Waals surface area (Å²) in [5.41, 5.74) is 2.33. The number of piperazine rings is 1. The molecule has 0 N–H and O–H groups in total. The van der Waals surface area contributed by atoms with Crippen LogP contribution >= 0.6 is 11.3 Å². The number of ether oxygens (including phenoxy) is 1. The maximum absolute atomic E-state index is 13.0. The van der Waals surface area contributed by atoms with Gasteiger partial charge in [-0.25, -0.2) is 4.98 Å². The van der Waals surface area contributed by atoms with Gasteiger partial charge in [0.05, 0.1) is 17.8 Å². The Morgan fingerprint density at radius 3 is 2.59 bits per heavy atom. The molecule has 2 aliphatic heterocycles.